The van der Waals surface area contributed by atoms with Crippen molar-refractivity contribution >= 4 is 32.6 Å². The van der Waals surface area contributed by atoms with E-state index in [1.165, 1.54) is 30.0 Å². The Morgan fingerprint density at radius 3 is 2.52 bits per heavy atom. The van der Waals surface area contributed by atoms with Gasteiger partial charge >= 0.3 is 0 Å². The van der Waals surface area contributed by atoms with Crippen LogP contribution in [0.1, 0.15) is 31.2 Å². The van der Waals surface area contributed by atoms with Crippen molar-refractivity contribution in [3.63, 3.8) is 0 Å². The largest absolute Gasteiger partial charge is 0.356 e. The first-order valence-electron chi connectivity index (χ1n) is 7.60. The second-order valence-corrected chi connectivity index (χ2v) is 6.10. The normalized spacial score (nSPS) is 10.7. The highest BCUT2D eigenvalue weighted by Gasteiger charge is 2.03. The number of amides is 1. The fraction of sp³-hybridized carbons (Fsp3) is 0.389. The third-order valence-electron chi connectivity index (χ3n) is 3.56. The summed E-state index contributed by atoms with van der Waals surface area (Å²) in [5, 5.41) is 6.48. The molecule has 0 aliphatic carbocycles. The lowest BCUT2D eigenvalue weighted by molar-refractivity contribution is -0.120. The van der Waals surface area contributed by atoms with Gasteiger partial charge in [-0.25, -0.2) is 0 Å². The molecule has 0 atom stereocenters. The van der Waals surface area contributed by atoms with E-state index in [2.05, 4.69) is 45.5 Å². The molecule has 0 unspecified atom stereocenters. The standard InChI is InChI=1S/C18H22BrNO/c19-11-5-1-2-6-12-20-18(21)14-15-9-10-16-7-3-4-8-17(16)13-15/h3-4,7-10,13H,1-2,5-6,11-12,14H2,(H,20,21). The highest BCUT2D eigenvalue weighted by Crippen LogP contribution is 2.15. The predicted octanol–water partition coefficient (Wildman–Crippen LogP) is 4.45. The number of benzene rings is 2. The fourth-order valence-corrected chi connectivity index (χ4v) is 2.79. The van der Waals surface area contributed by atoms with Gasteiger partial charge in [0.1, 0.15) is 0 Å². The Morgan fingerprint density at radius 2 is 1.71 bits per heavy atom. The van der Waals surface area contributed by atoms with Gasteiger partial charge in [0.2, 0.25) is 5.91 Å². The van der Waals surface area contributed by atoms with Crippen LogP contribution in [0.15, 0.2) is 42.5 Å². The second-order valence-electron chi connectivity index (χ2n) is 5.31. The van der Waals surface area contributed by atoms with Crippen molar-refractivity contribution in [1.29, 1.82) is 0 Å². The van der Waals surface area contributed by atoms with Gasteiger partial charge in [-0.05, 0) is 29.2 Å². The van der Waals surface area contributed by atoms with E-state index in [-0.39, 0.29) is 5.91 Å². The summed E-state index contributed by atoms with van der Waals surface area (Å²) >= 11 is 3.43. The Labute approximate surface area is 135 Å². The fourth-order valence-electron chi connectivity index (χ4n) is 2.40. The average molecular weight is 348 g/mol. The number of carbonyl (C=O) groups is 1. The van der Waals surface area contributed by atoms with Gasteiger partial charge in [0.25, 0.3) is 0 Å². The molecule has 3 heteroatoms. The van der Waals surface area contributed by atoms with Crippen molar-refractivity contribution in [2.75, 3.05) is 11.9 Å². The van der Waals surface area contributed by atoms with Gasteiger partial charge in [0, 0.05) is 11.9 Å². The Kier molecular flexibility index (Phi) is 6.74. The molecule has 2 aromatic carbocycles. The van der Waals surface area contributed by atoms with Crippen molar-refractivity contribution in [3.8, 4) is 0 Å². The summed E-state index contributed by atoms with van der Waals surface area (Å²) in [6.45, 7) is 0.786. The molecule has 1 N–H and O–H groups in total. The maximum absolute atomic E-state index is 11.9. The first-order valence-corrected chi connectivity index (χ1v) is 8.72. The minimum atomic E-state index is 0.116. The first-order chi connectivity index (χ1) is 10.3. The van der Waals surface area contributed by atoms with Crippen molar-refractivity contribution in [1.82, 2.24) is 5.32 Å². The summed E-state index contributed by atoms with van der Waals surface area (Å²) in [7, 11) is 0. The third kappa shape index (κ3) is 5.50. The van der Waals surface area contributed by atoms with E-state index in [9.17, 15) is 4.79 Å². The van der Waals surface area contributed by atoms with E-state index < -0.39 is 0 Å². The maximum atomic E-state index is 11.9. The molecule has 112 valence electrons. The number of alkyl halides is 1. The summed E-state index contributed by atoms with van der Waals surface area (Å²) < 4.78 is 0. The number of hydrogen-bond donors (Lipinski definition) is 1. The van der Waals surface area contributed by atoms with E-state index >= 15 is 0 Å². The molecule has 2 aromatic rings. The Hall–Kier alpha value is -1.35. The molecule has 0 fully saturated rings. The Bertz CT molecular complexity index is 582. The lowest BCUT2D eigenvalue weighted by Crippen LogP contribution is -2.26. The van der Waals surface area contributed by atoms with Crippen molar-refractivity contribution in [2.45, 2.75) is 32.1 Å². The molecule has 0 heterocycles. The van der Waals surface area contributed by atoms with Crippen LogP contribution in [0.2, 0.25) is 0 Å². The number of unbranched alkanes of at least 4 members (excludes halogenated alkanes) is 3. The molecular formula is C18H22BrNO. The van der Waals surface area contributed by atoms with Gasteiger partial charge in [0.15, 0.2) is 0 Å². The molecular weight excluding hydrogens is 326 g/mol. The molecule has 0 aliphatic heterocycles. The van der Waals surface area contributed by atoms with Crippen molar-refractivity contribution < 1.29 is 4.79 Å². The van der Waals surface area contributed by atoms with Crippen LogP contribution < -0.4 is 5.32 Å². The Balaban J connectivity index is 1.76. The molecule has 0 spiro atoms. The first kappa shape index (κ1) is 16.0. The van der Waals surface area contributed by atoms with E-state index in [0.29, 0.717) is 6.42 Å². The maximum Gasteiger partial charge on any atom is 0.224 e. The van der Waals surface area contributed by atoms with E-state index in [1.807, 2.05) is 18.2 Å². The Morgan fingerprint density at radius 1 is 0.952 bits per heavy atom. The van der Waals surface area contributed by atoms with Crippen LogP contribution in [0.3, 0.4) is 0 Å². The minimum absolute atomic E-state index is 0.116. The molecule has 0 aromatic heterocycles. The summed E-state index contributed by atoms with van der Waals surface area (Å²) in [5.41, 5.74) is 1.07. The van der Waals surface area contributed by atoms with Crippen molar-refractivity contribution in [3.05, 3.63) is 48.0 Å². The zero-order chi connectivity index (χ0) is 14.9. The zero-order valence-corrected chi connectivity index (χ0v) is 13.9. The number of hydrogen-bond acceptors (Lipinski definition) is 1. The summed E-state index contributed by atoms with van der Waals surface area (Å²) in [4.78, 5) is 11.9. The summed E-state index contributed by atoms with van der Waals surface area (Å²) in [6, 6.07) is 14.5. The smallest absolute Gasteiger partial charge is 0.224 e. The quantitative estimate of drug-likeness (QED) is 0.554. The molecule has 0 saturated heterocycles. The number of carbonyl (C=O) groups excluding carboxylic acids is 1. The molecule has 0 saturated carbocycles. The van der Waals surface area contributed by atoms with Crippen LogP contribution in [0.25, 0.3) is 10.8 Å². The zero-order valence-electron chi connectivity index (χ0n) is 12.3. The van der Waals surface area contributed by atoms with E-state index in [4.69, 9.17) is 0 Å². The van der Waals surface area contributed by atoms with Crippen LogP contribution >= 0.6 is 15.9 Å². The monoisotopic (exact) mass is 347 g/mol. The molecule has 0 bridgehead atoms. The summed E-state index contributed by atoms with van der Waals surface area (Å²) in [5.74, 6) is 0.116. The van der Waals surface area contributed by atoms with Crippen molar-refractivity contribution in [2.24, 2.45) is 0 Å². The molecule has 0 aliphatic rings. The number of halogens is 1. The lowest BCUT2D eigenvalue weighted by Gasteiger charge is -2.06. The lowest BCUT2D eigenvalue weighted by atomic mass is 10.0. The predicted molar refractivity (Wildman–Crippen MR) is 92.9 cm³/mol. The van der Waals surface area contributed by atoms with Gasteiger partial charge in [-0.15, -0.1) is 0 Å². The number of fused-ring (bicyclic) bond motifs is 1. The topological polar surface area (TPSA) is 29.1 Å². The van der Waals surface area contributed by atoms with Gasteiger partial charge in [-0.3, -0.25) is 4.79 Å². The second kappa shape index (κ2) is 8.83. The van der Waals surface area contributed by atoms with Crippen LogP contribution in [-0.4, -0.2) is 17.8 Å². The van der Waals surface area contributed by atoms with Crippen LogP contribution in [0.4, 0.5) is 0 Å². The van der Waals surface area contributed by atoms with Crippen LogP contribution in [0.5, 0.6) is 0 Å². The van der Waals surface area contributed by atoms with Gasteiger partial charge in [-0.1, -0.05) is 71.2 Å². The number of nitrogens with one attached hydrogen (secondary N) is 1. The van der Waals surface area contributed by atoms with Gasteiger partial charge in [-0.2, -0.15) is 0 Å². The minimum Gasteiger partial charge on any atom is -0.356 e. The highest BCUT2D eigenvalue weighted by atomic mass is 79.9. The molecule has 1 amide bonds. The molecule has 21 heavy (non-hydrogen) atoms. The molecule has 0 radical (unpaired) electrons. The van der Waals surface area contributed by atoms with E-state index in [1.54, 1.807) is 0 Å². The third-order valence-corrected chi connectivity index (χ3v) is 4.12. The number of rotatable bonds is 8. The van der Waals surface area contributed by atoms with Gasteiger partial charge in [0.05, 0.1) is 6.42 Å². The molecule has 2 nitrogen and oxygen atoms in total. The van der Waals surface area contributed by atoms with Crippen LogP contribution in [0, 0.1) is 0 Å². The highest BCUT2D eigenvalue weighted by molar-refractivity contribution is 9.09. The SMILES string of the molecule is O=C(Cc1ccc2ccccc2c1)NCCCCCCBr. The van der Waals surface area contributed by atoms with E-state index in [0.717, 1.165) is 23.9 Å². The summed E-state index contributed by atoms with van der Waals surface area (Å²) in [6.07, 6.45) is 5.15. The van der Waals surface area contributed by atoms with Crippen LogP contribution in [-0.2, 0) is 11.2 Å². The average Bonchev–Trinajstić information content (AvgIpc) is 2.50. The molecule has 2 rings (SSSR count). The van der Waals surface area contributed by atoms with Gasteiger partial charge < -0.3 is 5.32 Å².